The number of halogens is 1. The Balaban J connectivity index is 1.42. The van der Waals surface area contributed by atoms with Crippen LogP contribution >= 0.6 is 22.6 Å². The lowest BCUT2D eigenvalue weighted by atomic mass is 9.46. The number of hydrogen-bond donors (Lipinski definition) is 1. The third kappa shape index (κ3) is 2.21. The molecule has 0 bridgehead atoms. The van der Waals surface area contributed by atoms with E-state index in [1.165, 1.54) is 19.3 Å². The van der Waals surface area contributed by atoms with Gasteiger partial charge in [-0.1, -0.05) is 47.2 Å². The zero-order chi connectivity index (χ0) is 20.1. The molecule has 4 saturated carbocycles. The predicted molar refractivity (Wildman–Crippen MR) is 119 cm³/mol. The van der Waals surface area contributed by atoms with Gasteiger partial charge in [-0.25, -0.2) is 0 Å². The van der Waals surface area contributed by atoms with Crippen LogP contribution in [-0.4, -0.2) is 26.4 Å². The van der Waals surface area contributed by atoms with Crippen molar-refractivity contribution in [3.63, 3.8) is 0 Å². The summed E-state index contributed by atoms with van der Waals surface area (Å²) in [7, 11) is 0. The molecule has 5 fully saturated rings. The van der Waals surface area contributed by atoms with Crippen molar-refractivity contribution in [2.24, 2.45) is 52.0 Å². The highest BCUT2D eigenvalue weighted by Gasteiger charge is 2.82. The van der Waals surface area contributed by atoms with E-state index in [2.05, 4.69) is 47.7 Å². The Morgan fingerprint density at radius 2 is 2.14 bits per heavy atom. The predicted octanol–water partition coefficient (Wildman–Crippen LogP) is 5.37. The van der Waals surface area contributed by atoms with E-state index >= 15 is 0 Å². The molecule has 1 saturated heterocycles. The molecule has 1 N–H and O–H groups in total. The SMILES string of the molecule is CCC12CCC3C4CC/C(=N\O)C=C4CC(C)C3C1C1CC1[C@]21OC(=O)CC1I. The number of nitrogens with zero attached hydrogens (tertiary/aromatic N) is 1. The smallest absolute Gasteiger partial charge is 0.307 e. The highest BCUT2D eigenvalue weighted by Crippen LogP contribution is 2.80. The van der Waals surface area contributed by atoms with Crippen LogP contribution < -0.4 is 0 Å². The Hall–Kier alpha value is -0.590. The summed E-state index contributed by atoms with van der Waals surface area (Å²) in [5, 5.41) is 12.8. The number of hydrogen-bond acceptors (Lipinski definition) is 4. The second-order valence-corrected chi connectivity index (χ2v) is 12.4. The lowest BCUT2D eigenvalue weighted by Crippen LogP contribution is -2.60. The van der Waals surface area contributed by atoms with Gasteiger partial charge < -0.3 is 9.94 Å². The van der Waals surface area contributed by atoms with E-state index in [4.69, 9.17) is 4.74 Å². The third-order valence-electron chi connectivity index (χ3n) is 10.2. The number of alkyl halides is 1. The van der Waals surface area contributed by atoms with Crippen LogP contribution in [0.1, 0.15) is 65.2 Å². The summed E-state index contributed by atoms with van der Waals surface area (Å²) in [5.74, 6) is 5.02. The molecule has 9 unspecified atom stereocenters. The average Bonchev–Trinajstić information content (AvgIpc) is 3.39. The van der Waals surface area contributed by atoms with E-state index in [-0.39, 0.29) is 17.0 Å². The third-order valence-corrected chi connectivity index (χ3v) is 11.6. The molecule has 0 radical (unpaired) electrons. The summed E-state index contributed by atoms with van der Waals surface area (Å²) >= 11 is 2.56. The summed E-state index contributed by atoms with van der Waals surface area (Å²) in [4.78, 5) is 12.4. The molecule has 0 aromatic heterocycles. The van der Waals surface area contributed by atoms with E-state index < -0.39 is 0 Å². The molecule has 1 aliphatic heterocycles. The van der Waals surface area contributed by atoms with Crippen molar-refractivity contribution in [2.45, 2.75) is 74.7 Å². The van der Waals surface area contributed by atoms with Gasteiger partial charge in [0.05, 0.1) is 16.1 Å². The molecule has 1 spiro atoms. The zero-order valence-electron chi connectivity index (χ0n) is 17.4. The van der Waals surface area contributed by atoms with Crippen molar-refractivity contribution >= 4 is 34.3 Å². The first-order chi connectivity index (χ1) is 14.0. The number of allylic oxidation sites excluding steroid dienone is 2. The van der Waals surface area contributed by atoms with Crippen LogP contribution in [0.5, 0.6) is 0 Å². The molecule has 4 nitrogen and oxygen atoms in total. The Morgan fingerprint density at radius 1 is 1.31 bits per heavy atom. The molecule has 6 aliphatic rings. The van der Waals surface area contributed by atoms with Gasteiger partial charge in [-0.05, 0) is 86.5 Å². The number of ether oxygens (including phenoxy) is 1. The van der Waals surface area contributed by atoms with Gasteiger partial charge in [0.2, 0.25) is 0 Å². The van der Waals surface area contributed by atoms with Crippen molar-refractivity contribution in [1.82, 2.24) is 0 Å². The quantitative estimate of drug-likeness (QED) is 0.170. The van der Waals surface area contributed by atoms with Gasteiger partial charge in [0.1, 0.15) is 5.60 Å². The van der Waals surface area contributed by atoms with Crippen molar-refractivity contribution < 1.29 is 14.7 Å². The van der Waals surface area contributed by atoms with Gasteiger partial charge in [-0.2, -0.15) is 0 Å². The first-order valence-corrected chi connectivity index (χ1v) is 13.0. The average molecular weight is 509 g/mol. The highest BCUT2D eigenvalue weighted by molar-refractivity contribution is 14.1. The second-order valence-electron chi connectivity index (χ2n) is 10.9. The van der Waals surface area contributed by atoms with Crippen molar-refractivity contribution in [3.05, 3.63) is 11.6 Å². The van der Waals surface area contributed by atoms with Crippen LogP contribution in [0.4, 0.5) is 0 Å². The minimum Gasteiger partial charge on any atom is -0.457 e. The van der Waals surface area contributed by atoms with Crippen LogP contribution in [-0.2, 0) is 9.53 Å². The van der Waals surface area contributed by atoms with Gasteiger partial charge in [0.15, 0.2) is 0 Å². The normalized spacial score (nSPS) is 56.3. The first-order valence-electron chi connectivity index (χ1n) is 11.7. The number of esters is 1. The number of rotatable bonds is 1. The lowest BCUT2D eigenvalue weighted by molar-refractivity contribution is -0.180. The van der Waals surface area contributed by atoms with E-state index in [9.17, 15) is 10.0 Å². The van der Waals surface area contributed by atoms with Crippen LogP contribution in [0.2, 0.25) is 0 Å². The molecule has 0 amide bonds. The minimum atomic E-state index is -0.182. The van der Waals surface area contributed by atoms with E-state index in [1.54, 1.807) is 5.57 Å². The zero-order valence-corrected chi connectivity index (χ0v) is 19.6. The molecule has 5 aliphatic carbocycles. The van der Waals surface area contributed by atoms with E-state index in [1.807, 2.05) is 0 Å². The summed E-state index contributed by atoms with van der Waals surface area (Å²) in [6.07, 6.45) is 11.0. The largest absolute Gasteiger partial charge is 0.457 e. The minimum absolute atomic E-state index is 0.0515. The number of carbonyl (C=O) groups excluding carboxylic acids is 1. The monoisotopic (exact) mass is 509 g/mol. The van der Waals surface area contributed by atoms with Gasteiger partial charge >= 0.3 is 5.97 Å². The maximum Gasteiger partial charge on any atom is 0.307 e. The molecular weight excluding hydrogens is 477 g/mol. The van der Waals surface area contributed by atoms with Crippen LogP contribution in [0.15, 0.2) is 16.8 Å². The maximum absolute atomic E-state index is 12.4. The summed E-state index contributed by atoms with van der Waals surface area (Å²) < 4.78 is 6.73. The Labute approximate surface area is 187 Å². The molecule has 29 heavy (non-hydrogen) atoms. The van der Waals surface area contributed by atoms with Crippen LogP contribution in [0.25, 0.3) is 0 Å². The molecule has 10 atom stereocenters. The second kappa shape index (κ2) is 6.23. The van der Waals surface area contributed by atoms with Gasteiger partial charge in [0.25, 0.3) is 0 Å². The maximum atomic E-state index is 12.4. The fourth-order valence-electron chi connectivity index (χ4n) is 9.46. The summed E-state index contributed by atoms with van der Waals surface area (Å²) in [5.41, 5.74) is 2.43. The standard InChI is InChI=1S/C24H32INO3/c1-3-23-7-6-16-15-5-4-14(26-28)9-13(15)8-12(2)21(16)22(23)17-10-18(17)24(23)19(25)11-20(27)29-24/h9,12,15-19,21-22,28H,3-8,10-11H2,1-2H3/b26-14+/t12?,15?,16?,17?,18?,19?,21?,22?,23?,24-/m1/s1. The van der Waals surface area contributed by atoms with Crippen molar-refractivity contribution in [2.75, 3.05) is 0 Å². The number of oxime groups is 1. The van der Waals surface area contributed by atoms with Crippen molar-refractivity contribution in [3.8, 4) is 0 Å². The van der Waals surface area contributed by atoms with Gasteiger partial charge in [-0.3, -0.25) is 4.79 Å². The molecule has 5 heteroatoms. The molecule has 6 rings (SSSR count). The molecule has 0 aromatic rings. The summed E-state index contributed by atoms with van der Waals surface area (Å²) in [6, 6.07) is 0. The molecule has 158 valence electrons. The fraction of sp³-hybridized carbons (Fsp3) is 0.833. The molecule has 0 aromatic carbocycles. The Kier molecular flexibility index (Phi) is 4.11. The van der Waals surface area contributed by atoms with Gasteiger partial charge in [0, 0.05) is 11.3 Å². The van der Waals surface area contributed by atoms with Crippen LogP contribution in [0, 0.1) is 46.8 Å². The van der Waals surface area contributed by atoms with E-state index in [0.717, 1.165) is 55.1 Å². The highest BCUT2D eigenvalue weighted by atomic mass is 127. The van der Waals surface area contributed by atoms with Crippen LogP contribution in [0.3, 0.4) is 0 Å². The molecule has 1 heterocycles. The Bertz CT molecular complexity index is 823. The number of carbonyl (C=O) groups is 1. The first kappa shape index (κ1) is 19.1. The van der Waals surface area contributed by atoms with Crippen molar-refractivity contribution in [1.29, 1.82) is 0 Å². The summed E-state index contributed by atoms with van der Waals surface area (Å²) in [6.45, 7) is 4.84. The molecular formula is C24H32INO3. The Morgan fingerprint density at radius 3 is 2.83 bits per heavy atom. The van der Waals surface area contributed by atoms with Gasteiger partial charge in [-0.15, -0.1) is 0 Å². The topological polar surface area (TPSA) is 58.9 Å². The van der Waals surface area contributed by atoms with E-state index in [0.29, 0.717) is 28.1 Å². The lowest BCUT2D eigenvalue weighted by Gasteiger charge is -2.60. The fourth-order valence-corrected chi connectivity index (χ4v) is 11.0. The number of fused-ring (bicyclic) bond motifs is 9.